The molecule has 0 aliphatic carbocycles. The Hall–Kier alpha value is -4.21. The van der Waals surface area contributed by atoms with Crippen LogP contribution in [0.4, 0.5) is 10.1 Å². The van der Waals surface area contributed by atoms with Crippen LogP contribution in [0.2, 0.25) is 5.02 Å². The Labute approximate surface area is 257 Å². The molecule has 0 aliphatic heterocycles. The lowest BCUT2D eigenvalue weighted by Crippen LogP contribution is -2.53. The van der Waals surface area contributed by atoms with E-state index >= 15 is 4.39 Å². The molecule has 224 valence electrons. The minimum Gasteiger partial charge on any atom is -0.355 e. The SMILES string of the molecule is CCNC(=O)[C@H](Cc1ccccc1)N(Cc1ccc(Cl)cc1)C(=O)CN(c1ccccc1F)S(=O)(=O)c1ccc(C)cc1. The molecular weight excluding hydrogens is 589 g/mol. The summed E-state index contributed by atoms with van der Waals surface area (Å²) >= 11 is 6.09. The van der Waals surface area contributed by atoms with Crippen molar-refractivity contribution in [3.05, 3.63) is 131 Å². The molecule has 0 saturated heterocycles. The Morgan fingerprint density at radius 2 is 1.49 bits per heavy atom. The minimum absolute atomic E-state index is 0.0136. The smallest absolute Gasteiger partial charge is 0.264 e. The number of hydrogen-bond acceptors (Lipinski definition) is 4. The molecule has 0 aromatic heterocycles. The second-order valence-electron chi connectivity index (χ2n) is 10.0. The Balaban J connectivity index is 1.80. The maximum absolute atomic E-state index is 15.2. The Bertz CT molecular complexity index is 1650. The molecule has 4 aromatic rings. The molecule has 1 N–H and O–H groups in total. The van der Waals surface area contributed by atoms with Crippen molar-refractivity contribution in [2.24, 2.45) is 0 Å². The van der Waals surface area contributed by atoms with E-state index in [-0.39, 0.29) is 23.5 Å². The minimum atomic E-state index is -4.39. The third-order valence-electron chi connectivity index (χ3n) is 6.90. The van der Waals surface area contributed by atoms with Gasteiger partial charge in [0.15, 0.2) is 0 Å². The van der Waals surface area contributed by atoms with Crippen molar-refractivity contribution >= 4 is 39.1 Å². The largest absolute Gasteiger partial charge is 0.355 e. The van der Waals surface area contributed by atoms with Gasteiger partial charge in [-0.15, -0.1) is 0 Å². The van der Waals surface area contributed by atoms with Gasteiger partial charge in [-0.1, -0.05) is 83.9 Å². The van der Waals surface area contributed by atoms with Gasteiger partial charge in [0.1, 0.15) is 18.4 Å². The van der Waals surface area contributed by atoms with Crippen molar-refractivity contribution < 1.29 is 22.4 Å². The molecule has 0 bridgehead atoms. The monoisotopic (exact) mass is 621 g/mol. The quantitative estimate of drug-likeness (QED) is 0.218. The molecule has 0 radical (unpaired) electrons. The van der Waals surface area contributed by atoms with Crippen LogP contribution >= 0.6 is 11.6 Å². The Morgan fingerprint density at radius 1 is 0.860 bits per heavy atom. The third kappa shape index (κ3) is 8.00. The van der Waals surface area contributed by atoms with Gasteiger partial charge in [0.25, 0.3) is 10.0 Å². The van der Waals surface area contributed by atoms with Gasteiger partial charge in [-0.3, -0.25) is 13.9 Å². The average Bonchev–Trinajstić information content (AvgIpc) is 3.00. The Kier molecular flexibility index (Phi) is 10.6. The molecule has 10 heteroatoms. The number of carbonyl (C=O) groups excluding carboxylic acids is 2. The standard InChI is InChI=1S/C33H33ClFN3O4S/c1-3-36-33(40)31(21-25-9-5-4-6-10-25)37(22-26-15-17-27(34)18-16-26)32(39)23-38(30-12-8-7-11-29(30)35)43(41,42)28-19-13-24(2)14-20-28/h4-20,31H,3,21-23H2,1-2H3,(H,36,40)/t31-/m0/s1. The normalized spacial score (nSPS) is 11.9. The lowest BCUT2D eigenvalue weighted by atomic mass is 10.0. The molecule has 7 nitrogen and oxygen atoms in total. The molecule has 2 amide bonds. The van der Waals surface area contributed by atoms with Gasteiger partial charge in [0.2, 0.25) is 11.8 Å². The van der Waals surface area contributed by atoms with Gasteiger partial charge in [-0.05, 0) is 61.4 Å². The van der Waals surface area contributed by atoms with Crippen LogP contribution in [0.1, 0.15) is 23.6 Å². The van der Waals surface area contributed by atoms with Crippen LogP contribution in [-0.4, -0.2) is 44.3 Å². The number of rotatable bonds is 12. The van der Waals surface area contributed by atoms with Gasteiger partial charge in [0.05, 0.1) is 10.6 Å². The first-order valence-corrected chi connectivity index (χ1v) is 15.6. The summed E-state index contributed by atoms with van der Waals surface area (Å²) in [6.07, 6.45) is 0.177. The topological polar surface area (TPSA) is 86.8 Å². The first-order chi connectivity index (χ1) is 20.6. The molecule has 0 unspecified atom stereocenters. The molecule has 1 atom stereocenters. The number of hydrogen-bond donors (Lipinski definition) is 1. The summed E-state index contributed by atoms with van der Waals surface area (Å²) in [7, 11) is -4.39. The van der Waals surface area contributed by atoms with Gasteiger partial charge < -0.3 is 10.2 Å². The first kappa shape index (κ1) is 31.7. The highest BCUT2D eigenvalue weighted by Crippen LogP contribution is 2.27. The summed E-state index contributed by atoms with van der Waals surface area (Å²) in [4.78, 5) is 29.0. The van der Waals surface area contributed by atoms with Crippen LogP contribution in [-0.2, 0) is 32.6 Å². The van der Waals surface area contributed by atoms with Gasteiger partial charge >= 0.3 is 0 Å². The second-order valence-corrected chi connectivity index (χ2v) is 12.3. The number of halogens is 2. The number of likely N-dealkylation sites (N-methyl/N-ethyl adjacent to an activating group) is 1. The fourth-order valence-corrected chi connectivity index (χ4v) is 6.19. The average molecular weight is 622 g/mol. The van der Waals surface area contributed by atoms with Crippen molar-refractivity contribution in [3.8, 4) is 0 Å². The van der Waals surface area contributed by atoms with Crippen molar-refractivity contribution in [1.29, 1.82) is 0 Å². The van der Waals surface area contributed by atoms with Crippen LogP contribution in [0.15, 0.2) is 108 Å². The van der Waals surface area contributed by atoms with Crippen molar-refractivity contribution in [3.63, 3.8) is 0 Å². The number of nitrogens with zero attached hydrogens (tertiary/aromatic N) is 2. The molecule has 0 aliphatic rings. The van der Waals surface area contributed by atoms with E-state index in [2.05, 4.69) is 5.32 Å². The van der Waals surface area contributed by atoms with E-state index in [1.54, 1.807) is 43.3 Å². The van der Waals surface area contributed by atoms with Crippen LogP contribution in [0.3, 0.4) is 0 Å². The predicted molar refractivity (Wildman–Crippen MR) is 167 cm³/mol. The lowest BCUT2D eigenvalue weighted by Gasteiger charge is -2.34. The van der Waals surface area contributed by atoms with Crippen LogP contribution in [0.25, 0.3) is 0 Å². The summed E-state index contributed by atoms with van der Waals surface area (Å²) in [5.41, 5.74) is 2.05. The highest BCUT2D eigenvalue weighted by atomic mass is 35.5. The summed E-state index contributed by atoms with van der Waals surface area (Å²) < 4.78 is 43.8. The molecule has 4 aromatic carbocycles. The first-order valence-electron chi connectivity index (χ1n) is 13.8. The second kappa shape index (κ2) is 14.3. The van der Waals surface area contributed by atoms with Gasteiger partial charge in [-0.25, -0.2) is 12.8 Å². The van der Waals surface area contributed by atoms with E-state index in [0.29, 0.717) is 17.1 Å². The predicted octanol–water partition coefficient (Wildman–Crippen LogP) is 5.76. The zero-order chi connectivity index (χ0) is 31.0. The van der Waals surface area contributed by atoms with Crippen molar-refractivity contribution in [2.45, 2.75) is 37.8 Å². The van der Waals surface area contributed by atoms with E-state index in [1.807, 2.05) is 37.3 Å². The summed E-state index contributed by atoms with van der Waals surface area (Å²) in [5, 5.41) is 3.31. The number of anilines is 1. The van der Waals surface area contributed by atoms with E-state index in [1.165, 1.54) is 35.2 Å². The number of amides is 2. The lowest BCUT2D eigenvalue weighted by molar-refractivity contribution is -0.140. The van der Waals surface area contributed by atoms with Crippen LogP contribution in [0, 0.1) is 12.7 Å². The van der Waals surface area contributed by atoms with Gasteiger partial charge in [-0.2, -0.15) is 0 Å². The number of nitrogens with one attached hydrogen (secondary N) is 1. The summed E-state index contributed by atoms with van der Waals surface area (Å²) in [6.45, 7) is 3.17. The summed E-state index contributed by atoms with van der Waals surface area (Å²) in [5.74, 6) is -1.88. The third-order valence-corrected chi connectivity index (χ3v) is 8.92. The Morgan fingerprint density at radius 3 is 2.12 bits per heavy atom. The molecule has 0 saturated carbocycles. The highest BCUT2D eigenvalue weighted by Gasteiger charge is 2.35. The number of sulfonamides is 1. The van der Waals surface area contributed by atoms with E-state index in [9.17, 15) is 18.0 Å². The van der Waals surface area contributed by atoms with Gasteiger partial charge in [0, 0.05) is 24.5 Å². The molecule has 4 rings (SSSR count). The van der Waals surface area contributed by atoms with Crippen LogP contribution in [0.5, 0.6) is 0 Å². The zero-order valence-electron chi connectivity index (χ0n) is 23.9. The molecule has 43 heavy (non-hydrogen) atoms. The zero-order valence-corrected chi connectivity index (χ0v) is 25.5. The molecular formula is C33H33ClFN3O4S. The van der Waals surface area contributed by atoms with Crippen molar-refractivity contribution in [2.75, 3.05) is 17.4 Å². The van der Waals surface area contributed by atoms with E-state index < -0.39 is 40.2 Å². The highest BCUT2D eigenvalue weighted by molar-refractivity contribution is 7.92. The maximum Gasteiger partial charge on any atom is 0.264 e. The molecule has 0 fully saturated rings. The fourth-order valence-electron chi connectivity index (χ4n) is 4.64. The van der Waals surface area contributed by atoms with E-state index in [0.717, 1.165) is 21.5 Å². The number of benzene rings is 4. The molecule has 0 spiro atoms. The van der Waals surface area contributed by atoms with Crippen molar-refractivity contribution in [1.82, 2.24) is 10.2 Å². The van der Waals surface area contributed by atoms with E-state index in [4.69, 9.17) is 11.6 Å². The molecule has 0 heterocycles. The fraction of sp³-hybridized carbons (Fsp3) is 0.212. The van der Waals surface area contributed by atoms with Crippen LogP contribution < -0.4 is 9.62 Å². The number of aryl methyl sites for hydroxylation is 1. The summed E-state index contributed by atoms with van der Waals surface area (Å²) in [6, 6.07) is 26.5. The number of para-hydroxylation sites is 1. The maximum atomic E-state index is 15.2. The number of carbonyl (C=O) groups is 2.